The van der Waals surface area contributed by atoms with Crippen LogP contribution in [0.1, 0.15) is 22.3 Å². The van der Waals surface area contributed by atoms with Crippen LogP contribution in [-0.2, 0) is 11.2 Å². The van der Waals surface area contributed by atoms with E-state index in [0.717, 1.165) is 11.3 Å². The van der Waals surface area contributed by atoms with Gasteiger partial charge in [-0.05, 0) is 60.6 Å². The molecule has 2 amide bonds. The molecular formula is C25H25N3O4S. The molecule has 0 atom stereocenters. The van der Waals surface area contributed by atoms with E-state index >= 15 is 0 Å². The Hall–Kier alpha value is -3.91. The molecule has 8 heteroatoms. The summed E-state index contributed by atoms with van der Waals surface area (Å²) >= 11 is 5.07. The molecule has 33 heavy (non-hydrogen) atoms. The van der Waals surface area contributed by atoms with Gasteiger partial charge >= 0.3 is 0 Å². The summed E-state index contributed by atoms with van der Waals surface area (Å²) in [7, 11) is 0. The van der Waals surface area contributed by atoms with Gasteiger partial charge in [0, 0.05) is 12.0 Å². The highest BCUT2D eigenvalue weighted by Gasteiger charge is 2.09. The SMILES string of the molecule is O=C(CCc1ccccc1)NNC(=S)NC(=O)c1ccc(OCCOc2ccccc2)cc1. The van der Waals surface area contributed by atoms with E-state index in [-0.39, 0.29) is 11.0 Å². The van der Waals surface area contributed by atoms with Gasteiger partial charge in [-0.25, -0.2) is 0 Å². The molecule has 3 aromatic carbocycles. The van der Waals surface area contributed by atoms with Gasteiger partial charge in [-0.1, -0.05) is 48.5 Å². The zero-order valence-electron chi connectivity index (χ0n) is 18.0. The molecule has 0 radical (unpaired) electrons. The van der Waals surface area contributed by atoms with Crippen LogP contribution in [-0.4, -0.2) is 30.1 Å². The molecule has 170 valence electrons. The molecule has 0 heterocycles. The van der Waals surface area contributed by atoms with Crippen molar-refractivity contribution in [3.05, 3.63) is 96.1 Å². The van der Waals surface area contributed by atoms with E-state index in [4.69, 9.17) is 21.7 Å². The van der Waals surface area contributed by atoms with Crippen molar-refractivity contribution in [3.8, 4) is 11.5 Å². The number of hydrogen-bond donors (Lipinski definition) is 3. The van der Waals surface area contributed by atoms with Crippen LogP contribution in [0.4, 0.5) is 0 Å². The lowest BCUT2D eigenvalue weighted by molar-refractivity contribution is -0.121. The molecule has 0 bridgehead atoms. The summed E-state index contributed by atoms with van der Waals surface area (Å²) in [5, 5.41) is 2.53. The lowest BCUT2D eigenvalue weighted by atomic mass is 10.1. The first kappa shape index (κ1) is 23.7. The van der Waals surface area contributed by atoms with Crippen LogP contribution in [0.3, 0.4) is 0 Å². The van der Waals surface area contributed by atoms with E-state index in [1.54, 1.807) is 24.3 Å². The third-order valence-electron chi connectivity index (χ3n) is 4.51. The van der Waals surface area contributed by atoms with Gasteiger partial charge in [-0.15, -0.1) is 0 Å². The minimum atomic E-state index is -0.398. The normalized spacial score (nSPS) is 10.1. The van der Waals surface area contributed by atoms with Crippen LogP contribution in [0.5, 0.6) is 11.5 Å². The van der Waals surface area contributed by atoms with Crippen molar-refractivity contribution < 1.29 is 19.1 Å². The molecule has 0 aliphatic heterocycles. The fourth-order valence-electron chi connectivity index (χ4n) is 2.84. The van der Waals surface area contributed by atoms with Crippen LogP contribution in [0.2, 0.25) is 0 Å². The molecule has 0 aliphatic carbocycles. The average molecular weight is 464 g/mol. The molecule has 0 saturated carbocycles. The molecule has 0 spiro atoms. The van der Waals surface area contributed by atoms with Crippen molar-refractivity contribution >= 4 is 29.1 Å². The number of carbonyl (C=O) groups excluding carboxylic acids is 2. The maximum atomic E-state index is 12.3. The number of para-hydroxylation sites is 1. The van der Waals surface area contributed by atoms with Crippen LogP contribution < -0.4 is 25.6 Å². The number of benzene rings is 3. The standard InChI is InChI=1S/C25H25N3O4S/c29-23(16-11-19-7-3-1-4-8-19)27-28-25(33)26-24(30)20-12-14-22(15-13-20)32-18-17-31-21-9-5-2-6-10-21/h1-10,12-15H,11,16-18H2,(H,27,29)(H2,26,28,30,33). The predicted molar refractivity (Wildman–Crippen MR) is 130 cm³/mol. The third-order valence-corrected chi connectivity index (χ3v) is 4.71. The summed E-state index contributed by atoms with van der Waals surface area (Å²) in [6, 6.07) is 25.8. The molecule has 0 saturated heterocycles. The Kier molecular flexibility index (Phi) is 9.23. The summed E-state index contributed by atoms with van der Waals surface area (Å²) in [6.45, 7) is 0.779. The second kappa shape index (κ2) is 12.8. The summed E-state index contributed by atoms with van der Waals surface area (Å²) in [5.74, 6) is 0.776. The van der Waals surface area contributed by atoms with Gasteiger partial charge in [0.25, 0.3) is 5.91 Å². The maximum Gasteiger partial charge on any atom is 0.257 e. The summed E-state index contributed by atoms with van der Waals surface area (Å²) in [4.78, 5) is 24.3. The summed E-state index contributed by atoms with van der Waals surface area (Å²) < 4.78 is 11.2. The number of nitrogens with one attached hydrogen (secondary N) is 3. The monoisotopic (exact) mass is 463 g/mol. The Morgan fingerprint density at radius 1 is 0.727 bits per heavy atom. The number of hydrogen-bond acceptors (Lipinski definition) is 5. The van der Waals surface area contributed by atoms with Crippen molar-refractivity contribution in [1.82, 2.24) is 16.2 Å². The second-order valence-corrected chi connectivity index (χ2v) is 7.38. The lowest BCUT2D eigenvalue weighted by Crippen LogP contribution is -2.48. The van der Waals surface area contributed by atoms with Crippen molar-refractivity contribution in [1.29, 1.82) is 0 Å². The quantitative estimate of drug-likeness (QED) is 0.256. The van der Waals surface area contributed by atoms with Crippen LogP contribution in [0.25, 0.3) is 0 Å². The molecule has 0 fully saturated rings. The topological polar surface area (TPSA) is 88.7 Å². The van der Waals surface area contributed by atoms with Crippen molar-refractivity contribution in [2.45, 2.75) is 12.8 Å². The average Bonchev–Trinajstić information content (AvgIpc) is 2.85. The van der Waals surface area contributed by atoms with E-state index < -0.39 is 5.91 Å². The highest BCUT2D eigenvalue weighted by Crippen LogP contribution is 2.13. The smallest absolute Gasteiger partial charge is 0.257 e. The van der Waals surface area contributed by atoms with Crippen LogP contribution in [0.15, 0.2) is 84.9 Å². The Bertz CT molecular complexity index is 1040. The van der Waals surface area contributed by atoms with Crippen molar-refractivity contribution in [3.63, 3.8) is 0 Å². The number of rotatable bonds is 9. The highest BCUT2D eigenvalue weighted by molar-refractivity contribution is 7.80. The second-order valence-electron chi connectivity index (χ2n) is 6.98. The van der Waals surface area contributed by atoms with Crippen molar-refractivity contribution in [2.24, 2.45) is 0 Å². The molecule has 0 aliphatic rings. The summed E-state index contributed by atoms with van der Waals surface area (Å²) in [5.41, 5.74) is 6.50. The van der Waals surface area contributed by atoms with E-state index in [0.29, 0.717) is 37.4 Å². The molecule has 0 aromatic heterocycles. The lowest BCUT2D eigenvalue weighted by Gasteiger charge is -2.11. The molecule has 3 rings (SSSR count). The molecule has 3 aromatic rings. The fraction of sp³-hybridized carbons (Fsp3) is 0.160. The number of thiocarbonyl (C=S) groups is 1. The minimum absolute atomic E-state index is 0.00597. The maximum absolute atomic E-state index is 12.3. The van der Waals surface area contributed by atoms with Gasteiger partial charge in [0.1, 0.15) is 24.7 Å². The van der Waals surface area contributed by atoms with Gasteiger partial charge in [-0.2, -0.15) is 0 Å². The first-order valence-electron chi connectivity index (χ1n) is 10.4. The Labute approximate surface area is 198 Å². The first-order chi connectivity index (χ1) is 16.1. The van der Waals surface area contributed by atoms with Gasteiger partial charge in [0.2, 0.25) is 5.91 Å². The minimum Gasteiger partial charge on any atom is -0.490 e. The third kappa shape index (κ3) is 8.62. The van der Waals surface area contributed by atoms with E-state index in [1.807, 2.05) is 60.7 Å². The fourth-order valence-corrected chi connectivity index (χ4v) is 2.98. The number of carbonyl (C=O) groups is 2. The Morgan fingerprint density at radius 2 is 1.30 bits per heavy atom. The first-order valence-corrected chi connectivity index (χ1v) is 10.9. The highest BCUT2D eigenvalue weighted by atomic mass is 32.1. The van der Waals surface area contributed by atoms with E-state index in [2.05, 4.69) is 16.2 Å². The molecule has 3 N–H and O–H groups in total. The molecule has 7 nitrogen and oxygen atoms in total. The Balaban J connectivity index is 1.33. The van der Waals surface area contributed by atoms with Crippen LogP contribution in [0, 0.1) is 0 Å². The zero-order chi connectivity index (χ0) is 23.3. The number of aryl methyl sites for hydroxylation is 1. The number of hydrazine groups is 1. The van der Waals surface area contributed by atoms with E-state index in [1.165, 1.54) is 0 Å². The zero-order valence-corrected chi connectivity index (χ0v) is 18.8. The largest absolute Gasteiger partial charge is 0.490 e. The van der Waals surface area contributed by atoms with Gasteiger partial charge in [0.15, 0.2) is 5.11 Å². The van der Waals surface area contributed by atoms with Crippen molar-refractivity contribution in [2.75, 3.05) is 13.2 Å². The Morgan fingerprint density at radius 3 is 1.94 bits per heavy atom. The van der Waals surface area contributed by atoms with Gasteiger partial charge in [0.05, 0.1) is 0 Å². The van der Waals surface area contributed by atoms with Gasteiger partial charge < -0.3 is 9.47 Å². The summed E-state index contributed by atoms with van der Waals surface area (Å²) in [6.07, 6.45) is 0.908. The van der Waals surface area contributed by atoms with E-state index in [9.17, 15) is 9.59 Å². The number of amides is 2. The van der Waals surface area contributed by atoms with Crippen LogP contribution >= 0.6 is 12.2 Å². The number of ether oxygens (including phenoxy) is 2. The molecule has 0 unspecified atom stereocenters. The predicted octanol–water partition coefficient (Wildman–Crippen LogP) is 3.41. The van der Waals surface area contributed by atoms with Gasteiger partial charge in [-0.3, -0.25) is 25.8 Å². The molecular weight excluding hydrogens is 438 g/mol.